The van der Waals surface area contributed by atoms with E-state index in [0.29, 0.717) is 5.56 Å². The van der Waals surface area contributed by atoms with Crippen molar-refractivity contribution >= 4 is 29.3 Å². The van der Waals surface area contributed by atoms with Crippen LogP contribution in [0.3, 0.4) is 0 Å². The van der Waals surface area contributed by atoms with Gasteiger partial charge in [0.25, 0.3) is 11.5 Å². The van der Waals surface area contributed by atoms with E-state index in [1.807, 2.05) is 0 Å². The minimum atomic E-state index is -0.871. The highest BCUT2D eigenvalue weighted by Gasteiger charge is 2.26. The van der Waals surface area contributed by atoms with Crippen LogP contribution in [0.5, 0.6) is 0 Å². The van der Waals surface area contributed by atoms with Gasteiger partial charge in [0.15, 0.2) is 5.82 Å². The third kappa shape index (κ3) is 4.34. The van der Waals surface area contributed by atoms with Crippen molar-refractivity contribution in [2.75, 3.05) is 16.8 Å². The molecule has 2 rings (SSSR count). The predicted molar refractivity (Wildman–Crippen MR) is 94.8 cm³/mol. The zero-order chi connectivity index (χ0) is 18.6. The van der Waals surface area contributed by atoms with E-state index in [2.05, 4.69) is 20.6 Å². The van der Waals surface area contributed by atoms with Gasteiger partial charge in [-0.25, -0.2) is 0 Å². The number of nitrogens with one attached hydrogen (secondary N) is 3. The SMILES string of the molecule is CC(C)C(NC(=O)c1ccccc1)C(=O)Nc1c(N)nc(N)[nH]c1=O. The van der Waals surface area contributed by atoms with Gasteiger partial charge in [0.1, 0.15) is 11.7 Å². The number of nitrogens with zero attached hydrogens (tertiary/aromatic N) is 1. The minimum Gasteiger partial charge on any atom is -0.382 e. The second kappa shape index (κ2) is 7.47. The van der Waals surface area contributed by atoms with Gasteiger partial charge in [-0.05, 0) is 18.1 Å². The summed E-state index contributed by atoms with van der Waals surface area (Å²) >= 11 is 0. The molecule has 0 saturated heterocycles. The lowest BCUT2D eigenvalue weighted by molar-refractivity contribution is -0.118. The number of rotatable bonds is 5. The van der Waals surface area contributed by atoms with Crippen LogP contribution in [0.1, 0.15) is 24.2 Å². The van der Waals surface area contributed by atoms with E-state index in [-0.39, 0.29) is 23.4 Å². The van der Waals surface area contributed by atoms with Crippen molar-refractivity contribution in [2.24, 2.45) is 5.92 Å². The van der Waals surface area contributed by atoms with E-state index in [1.165, 1.54) is 0 Å². The highest BCUT2D eigenvalue weighted by molar-refractivity contribution is 6.02. The third-order valence-electron chi connectivity index (χ3n) is 3.49. The summed E-state index contributed by atoms with van der Waals surface area (Å²) in [6.45, 7) is 3.54. The van der Waals surface area contributed by atoms with Crippen molar-refractivity contribution in [3.8, 4) is 0 Å². The molecular formula is C16H20N6O3. The van der Waals surface area contributed by atoms with Crippen LogP contribution in [-0.2, 0) is 4.79 Å². The van der Waals surface area contributed by atoms with Crippen molar-refractivity contribution < 1.29 is 9.59 Å². The third-order valence-corrected chi connectivity index (χ3v) is 3.49. The van der Waals surface area contributed by atoms with Crippen molar-refractivity contribution in [3.63, 3.8) is 0 Å². The zero-order valence-corrected chi connectivity index (χ0v) is 13.9. The first-order valence-corrected chi connectivity index (χ1v) is 7.61. The van der Waals surface area contributed by atoms with Crippen molar-refractivity contribution in [3.05, 3.63) is 46.2 Å². The predicted octanol–water partition coefficient (Wildman–Crippen LogP) is 0.327. The molecule has 2 amide bonds. The van der Waals surface area contributed by atoms with E-state index in [0.717, 1.165) is 0 Å². The zero-order valence-electron chi connectivity index (χ0n) is 13.9. The summed E-state index contributed by atoms with van der Waals surface area (Å²) in [5.41, 5.74) is 10.6. The summed E-state index contributed by atoms with van der Waals surface area (Å²) in [5, 5.41) is 5.06. The van der Waals surface area contributed by atoms with E-state index in [4.69, 9.17) is 11.5 Å². The Hall–Kier alpha value is -3.36. The molecule has 9 heteroatoms. The van der Waals surface area contributed by atoms with Gasteiger partial charge in [0.2, 0.25) is 11.9 Å². The number of nitrogen functional groups attached to an aromatic ring is 2. The van der Waals surface area contributed by atoms with Crippen LogP contribution in [0.25, 0.3) is 0 Å². The number of carbonyl (C=O) groups is 2. The number of nitrogens with two attached hydrogens (primary N) is 2. The molecule has 0 fully saturated rings. The van der Waals surface area contributed by atoms with Gasteiger partial charge in [-0.1, -0.05) is 32.0 Å². The number of aromatic amines is 1. The van der Waals surface area contributed by atoms with Crippen molar-refractivity contribution in [2.45, 2.75) is 19.9 Å². The summed E-state index contributed by atoms with van der Waals surface area (Å²) in [6.07, 6.45) is 0. The van der Waals surface area contributed by atoms with E-state index < -0.39 is 23.4 Å². The van der Waals surface area contributed by atoms with Crippen LogP contribution in [0, 0.1) is 5.92 Å². The molecule has 1 aromatic carbocycles. The molecule has 2 aromatic rings. The number of H-pyrrole nitrogens is 1. The van der Waals surface area contributed by atoms with Crippen LogP contribution in [0.2, 0.25) is 0 Å². The Bertz CT molecular complexity index is 832. The van der Waals surface area contributed by atoms with E-state index in [1.54, 1.807) is 44.2 Å². The summed E-state index contributed by atoms with van der Waals surface area (Å²) in [4.78, 5) is 42.6. The average molecular weight is 344 g/mol. The topological polar surface area (TPSA) is 156 Å². The average Bonchev–Trinajstić information content (AvgIpc) is 2.56. The molecule has 0 aliphatic carbocycles. The number of amides is 2. The molecule has 0 bridgehead atoms. The van der Waals surface area contributed by atoms with Gasteiger partial charge in [-0.15, -0.1) is 0 Å². The molecule has 0 aliphatic rings. The molecule has 0 saturated carbocycles. The quantitative estimate of drug-likeness (QED) is 0.526. The molecule has 7 N–H and O–H groups in total. The highest BCUT2D eigenvalue weighted by Crippen LogP contribution is 2.12. The van der Waals surface area contributed by atoms with Crippen LogP contribution in [0.4, 0.5) is 17.5 Å². The van der Waals surface area contributed by atoms with Crippen LogP contribution in [-0.4, -0.2) is 27.8 Å². The summed E-state index contributed by atoms with van der Waals surface area (Å²) in [5.74, 6) is -1.56. The number of aromatic nitrogens is 2. The Morgan fingerprint density at radius 1 is 1.16 bits per heavy atom. The molecule has 0 radical (unpaired) electrons. The fraction of sp³-hybridized carbons (Fsp3) is 0.250. The molecule has 9 nitrogen and oxygen atoms in total. The standard InChI is InChI=1S/C16H20N6O3/c1-8(2)10(19-13(23)9-6-4-3-5-7-9)14(24)20-11-12(17)21-16(18)22-15(11)25/h3-8,10H,1-2H3,(H,19,23)(H,20,24)(H5,17,18,21,22,25). The molecule has 1 atom stereocenters. The largest absolute Gasteiger partial charge is 0.382 e. The number of hydrogen-bond acceptors (Lipinski definition) is 6. The number of hydrogen-bond donors (Lipinski definition) is 5. The molecule has 1 aromatic heterocycles. The molecule has 1 unspecified atom stereocenters. The monoisotopic (exact) mass is 344 g/mol. The van der Waals surface area contributed by atoms with Gasteiger partial charge in [0.05, 0.1) is 0 Å². The second-order valence-corrected chi connectivity index (χ2v) is 5.76. The van der Waals surface area contributed by atoms with Crippen LogP contribution >= 0.6 is 0 Å². The summed E-state index contributed by atoms with van der Waals surface area (Å²) in [6, 6.07) is 7.63. The smallest absolute Gasteiger partial charge is 0.278 e. The molecule has 0 aliphatic heterocycles. The first-order chi connectivity index (χ1) is 11.8. The maximum Gasteiger partial charge on any atom is 0.278 e. The van der Waals surface area contributed by atoms with Gasteiger partial charge in [-0.3, -0.25) is 19.4 Å². The number of anilines is 3. The number of carbonyl (C=O) groups excluding carboxylic acids is 2. The lowest BCUT2D eigenvalue weighted by atomic mass is 10.0. The number of benzene rings is 1. The lowest BCUT2D eigenvalue weighted by Gasteiger charge is -2.21. The summed E-state index contributed by atoms with van der Waals surface area (Å²) < 4.78 is 0. The van der Waals surface area contributed by atoms with Gasteiger partial charge >= 0.3 is 0 Å². The Morgan fingerprint density at radius 3 is 2.36 bits per heavy atom. The molecule has 0 spiro atoms. The van der Waals surface area contributed by atoms with E-state index >= 15 is 0 Å². The molecule has 25 heavy (non-hydrogen) atoms. The van der Waals surface area contributed by atoms with Crippen LogP contribution < -0.4 is 27.7 Å². The van der Waals surface area contributed by atoms with Gasteiger partial charge in [0, 0.05) is 5.56 Å². The lowest BCUT2D eigenvalue weighted by Crippen LogP contribution is -2.47. The normalized spacial score (nSPS) is 11.8. The van der Waals surface area contributed by atoms with Crippen molar-refractivity contribution in [1.29, 1.82) is 0 Å². The van der Waals surface area contributed by atoms with Gasteiger partial charge in [-0.2, -0.15) is 4.98 Å². The minimum absolute atomic E-state index is 0.154. The highest BCUT2D eigenvalue weighted by atomic mass is 16.2. The Balaban J connectivity index is 2.19. The molecule has 132 valence electrons. The molecular weight excluding hydrogens is 324 g/mol. The van der Waals surface area contributed by atoms with E-state index in [9.17, 15) is 14.4 Å². The van der Waals surface area contributed by atoms with Gasteiger partial charge < -0.3 is 22.1 Å². The fourth-order valence-corrected chi connectivity index (χ4v) is 2.18. The maximum absolute atomic E-state index is 12.5. The fourth-order valence-electron chi connectivity index (χ4n) is 2.18. The Kier molecular flexibility index (Phi) is 5.38. The Labute approximate surface area is 143 Å². The second-order valence-electron chi connectivity index (χ2n) is 5.76. The Morgan fingerprint density at radius 2 is 1.80 bits per heavy atom. The maximum atomic E-state index is 12.5. The van der Waals surface area contributed by atoms with Crippen molar-refractivity contribution in [1.82, 2.24) is 15.3 Å². The first kappa shape index (κ1) is 18.0. The molecule has 1 heterocycles. The first-order valence-electron chi connectivity index (χ1n) is 7.61. The van der Waals surface area contributed by atoms with Crippen LogP contribution in [0.15, 0.2) is 35.1 Å². The summed E-state index contributed by atoms with van der Waals surface area (Å²) in [7, 11) is 0.